The van der Waals surface area contributed by atoms with E-state index in [1.807, 2.05) is 31.3 Å². The number of fused-ring (bicyclic) bond motifs is 1. The summed E-state index contributed by atoms with van der Waals surface area (Å²) in [5.41, 5.74) is 7.24. The fourth-order valence-electron chi connectivity index (χ4n) is 5.03. The van der Waals surface area contributed by atoms with Crippen LogP contribution in [0.25, 0.3) is 16.5 Å². The average molecular weight is 473 g/mol. The summed E-state index contributed by atoms with van der Waals surface area (Å²) in [5, 5.41) is 7.36. The third kappa shape index (κ3) is 4.83. The number of hydrogen-bond donors (Lipinski definition) is 3. The first-order chi connectivity index (χ1) is 16.7. The first kappa shape index (κ1) is 24.6. The van der Waals surface area contributed by atoms with Gasteiger partial charge in [-0.05, 0) is 93.8 Å². The molecule has 0 spiro atoms. The normalized spacial score (nSPS) is 15.4. The molecule has 0 saturated carbocycles. The van der Waals surface area contributed by atoms with Gasteiger partial charge in [-0.2, -0.15) is 0 Å². The number of carbonyl (C=O) groups is 1. The summed E-state index contributed by atoms with van der Waals surface area (Å²) >= 11 is 0. The van der Waals surface area contributed by atoms with E-state index in [2.05, 4.69) is 73.1 Å². The number of pyridine rings is 1. The largest absolute Gasteiger partial charge is 0.384 e. The minimum absolute atomic E-state index is 0.131. The lowest BCUT2D eigenvalue weighted by molar-refractivity contribution is 0.0952. The summed E-state index contributed by atoms with van der Waals surface area (Å²) in [5.74, 6) is -0.170. The SMILES string of the molecule is CCCc1cc(C)[nH]c(=O)c1CNC(=O)c1cc(C2=CC=CNC2C)cc2c1c(C)cn2C(C)C. The van der Waals surface area contributed by atoms with E-state index in [0.717, 1.165) is 51.7 Å². The Morgan fingerprint density at radius 3 is 2.66 bits per heavy atom. The van der Waals surface area contributed by atoms with E-state index in [0.29, 0.717) is 11.1 Å². The molecule has 3 N–H and O–H groups in total. The molecule has 6 nitrogen and oxygen atoms in total. The predicted octanol–water partition coefficient (Wildman–Crippen LogP) is 5.30. The van der Waals surface area contributed by atoms with Gasteiger partial charge in [-0.3, -0.25) is 9.59 Å². The highest BCUT2D eigenvalue weighted by molar-refractivity contribution is 6.09. The average Bonchev–Trinajstić information content (AvgIpc) is 3.15. The second-order valence-electron chi connectivity index (χ2n) is 9.82. The van der Waals surface area contributed by atoms with Gasteiger partial charge in [-0.1, -0.05) is 19.4 Å². The summed E-state index contributed by atoms with van der Waals surface area (Å²) < 4.78 is 2.23. The second kappa shape index (κ2) is 9.98. The number of hydrogen-bond acceptors (Lipinski definition) is 3. The minimum atomic E-state index is -0.170. The van der Waals surface area contributed by atoms with Crippen molar-refractivity contribution in [1.82, 2.24) is 20.2 Å². The molecule has 1 aliphatic rings. The molecule has 1 unspecified atom stereocenters. The van der Waals surface area contributed by atoms with E-state index in [1.165, 1.54) is 0 Å². The molecule has 35 heavy (non-hydrogen) atoms. The quantitative estimate of drug-likeness (QED) is 0.437. The number of amides is 1. The van der Waals surface area contributed by atoms with Gasteiger partial charge in [0.1, 0.15) is 0 Å². The lowest BCUT2D eigenvalue weighted by Crippen LogP contribution is -2.29. The maximum absolute atomic E-state index is 13.6. The molecule has 184 valence electrons. The molecule has 0 fully saturated rings. The fourth-order valence-corrected chi connectivity index (χ4v) is 5.03. The van der Waals surface area contributed by atoms with Gasteiger partial charge in [-0.15, -0.1) is 0 Å². The van der Waals surface area contributed by atoms with Crippen LogP contribution in [0.5, 0.6) is 0 Å². The Morgan fingerprint density at radius 1 is 1.20 bits per heavy atom. The first-order valence-electron chi connectivity index (χ1n) is 12.5. The molecular weight excluding hydrogens is 436 g/mol. The van der Waals surface area contributed by atoms with Gasteiger partial charge >= 0.3 is 0 Å². The smallest absolute Gasteiger partial charge is 0.253 e. The number of nitrogens with zero attached hydrogens (tertiary/aromatic N) is 1. The van der Waals surface area contributed by atoms with Crippen molar-refractivity contribution in [3.63, 3.8) is 0 Å². The van der Waals surface area contributed by atoms with Crippen molar-refractivity contribution in [2.24, 2.45) is 0 Å². The van der Waals surface area contributed by atoms with E-state index in [-0.39, 0.29) is 30.1 Å². The Balaban J connectivity index is 1.78. The maximum atomic E-state index is 13.6. The topological polar surface area (TPSA) is 78.9 Å². The highest BCUT2D eigenvalue weighted by Gasteiger charge is 2.21. The van der Waals surface area contributed by atoms with Crippen LogP contribution in [-0.4, -0.2) is 21.5 Å². The number of nitrogens with one attached hydrogen (secondary N) is 3. The third-order valence-electron chi connectivity index (χ3n) is 6.75. The standard InChI is InChI=1S/C29H36N4O2/c1-7-9-21-12-19(5)32-29(35)25(21)15-31-28(34)24-13-22(23-10-8-11-30-20(23)6)14-26-27(24)18(4)16-33(26)17(2)3/h8,10-14,16-17,20,30H,7,9,15H2,1-6H3,(H,31,34)(H,32,35). The van der Waals surface area contributed by atoms with Crippen LogP contribution >= 0.6 is 0 Å². The molecule has 4 rings (SSSR count). The number of aromatic nitrogens is 2. The minimum Gasteiger partial charge on any atom is -0.384 e. The fraction of sp³-hybridized carbons (Fsp3) is 0.379. The van der Waals surface area contributed by atoms with Crippen LogP contribution in [0.1, 0.15) is 78.5 Å². The van der Waals surface area contributed by atoms with Gasteiger partial charge in [-0.25, -0.2) is 0 Å². The Labute approximate surface area is 207 Å². The lowest BCUT2D eigenvalue weighted by Gasteiger charge is -2.21. The van der Waals surface area contributed by atoms with Crippen molar-refractivity contribution < 1.29 is 4.79 Å². The van der Waals surface area contributed by atoms with Crippen LogP contribution in [0.4, 0.5) is 0 Å². The Bertz CT molecular complexity index is 1390. The summed E-state index contributed by atoms with van der Waals surface area (Å²) in [6, 6.07) is 6.59. The van der Waals surface area contributed by atoms with Crippen LogP contribution in [0.3, 0.4) is 0 Å². The molecule has 3 heterocycles. The van der Waals surface area contributed by atoms with Crippen molar-refractivity contribution in [1.29, 1.82) is 0 Å². The van der Waals surface area contributed by atoms with Crippen molar-refractivity contribution in [2.75, 3.05) is 0 Å². The van der Waals surface area contributed by atoms with Crippen LogP contribution < -0.4 is 16.2 Å². The molecule has 1 aromatic carbocycles. The zero-order valence-corrected chi connectivity index (χ0v) is 21.6. The number of aromatic amines is 1. The molecule has 1 atom stereocenters. The van der Waals surface area contributed by atoms with Crippen molar-refractivity contribution >= 4 is 22.4 Å². The van der Waals surface area contributed by atoms with Gasteiger partial charge in [0.05, 0.1) is 0 Å². The number of rotatable bonds is 7. The zero-order valence-electron chi connectivity index (χ0n) is 21.6. The van der Waals surface area contributed by atoms with E-state index < -0.39 is 0 Å². The molecule has 0 bridgehead atoms. The maximum Gasteiger partial charge on any atom is 0.253 e. The molecule has 0 saturated heterocycles. The van der Waals surface area contributed by atoms with Crippen LogP contribution in [0.15, 0.2) is 47.5 Å². The van der Waals surface area contributed by atoms with Gasteiger partial charge < -0.3 is 20.2 Å². The molecule has 3 aromatic rings. The van der Waals surface area contributed by atoms with E-state index >= 15 is 0 Å². The molecule has 0 radical (unpaired) electrons. The van der Waals surface area contributed by atoms with Crippen molar-refractivity contribution in [2.45, 2.75) is 73.0 Å². The lowest BCUT2D eigenvalue weighted by atomic mass is 9.93. The second-order valence-corrected chi connectivity index (χ2v) is 9.82. The zero-order chi connectivity index (χ0) is 25.3. The predicted molar refractivity (Wildman–Crippen MR) is 144 cm³/mol. The van der Waals surface area contributed by atoms with Crippen molar-refractivity contribution in [3.05, 3.63) is 86.6 Å². The molecule has 1 aliphatic heterocycles. The highest BCUT2D eigenvalue weighted by atomic mass is 16.1. The molecule has 6 heteroatoms. The number of aryl methyl sites for hydroxylation is 3. The third-order valence-corrected chi connectivity index (χ3v) is 6.75. The monoisotopic (exact) mass is 472 g/mol. The van der Waals surface area contributed by atoms with Gasteiger partial charge in [0.25, 0.3) is 11.5 Å². The summed E-state index contributed by atoms with van der Waals surface area (Å²) in [6.07, 6.45) is 9.89. The van der Waals surface area contributed by atoms with Crippen LogP contribution in [-0.2, 0) is 13.0 Å². The number of allylic oxidation sites excluding steroid dienone is 2. The molecule has 1 amide bonds. The number of H-pyrrole nitrogens is 1. The number of benzene rings is 1. The Hall–Kier alpha value is -3.54. The summed E-state index contributed by atoms with van der Waals surface area (Å²) in [6.45, 7) is 12.6. The van der Waals surface area contributed by atoms with Gasteiger partial charge in [0, 0.05) is 52.5 Å². The van der Waals surface area contributed by atoms with E-state index in [9.17, 15) is 9.59 Å². The first-order valence-corrected chi connectivity index (χ1v) is 12.5. The molecule has 0 aliphatic carbocycles. The molecule has 2 aromatic heterocycles. The number of dihydropyridines is 1. The molecular formula is C29H36N4O2. The number of carbonyl (C=O) groups excluding carboxylic acids is 1. The van der Waals surface area contributed by atoms with E-state index in [1.54, 1.807) is 0 Å². The van der Waals surface area contributed by atoms with Gasteiger partial charge in [0.2, 0.25) is 0 Å². The summed E-state index contributed by atoms with van der Waals surface area (Å²) in [7, 11) is 0. The highest BCUT2D eigenvalue weighted by Crippen LogP contribution is 2.33. The van der Waals surface area contributed by atoms with Crippen LogP contribution in [0.2, 0.25) is 0 Å². The van der Waals surface area contributed by atoms with Crippen LogP contribution in [0, 0.1) is 13.8 Å². The summed E-state index contributed by atoms with van der Waals surface area (Å²) in [4.78, 5) is 29.2. The Morgan fingerprint density at radius 2 is 1.97 bits per heavy atom. The van der Waals surface area contributed by atoms with E-state index in [4.69, 9.17) is 0 Å². The van der Waals surface area contributed by atoms with Gasteiger partial charge in [0.15, 0.2) is 0 Å². The van der Waals surface area contributed by atoms with Crippen molar-refractivity contribution in [3.8, 4) is 0 Å². The Kier molecular flexibility index (Phi) is 7.01.